The Morgan fingerprint density at radius 2 is 1.69 bits per heavy atom. The second-order valence-electron chi connectivity index (χ2n) is 3.49. The molecule has 0 aromatic heterocycles. The lowest BCUT2D eigenvalue weighted by Crippen LogP contribution is -1.83. The average molecular weight is 209 g/mol. The second-order valence-corrected chi connectivity index (χ2v) is 3.49. The van der Waals surface area contributed by atoms with Crippen LogP contribution in [0.25, 0.3) is 4.85 Å². The summed E-state index contributed by atoms with van der Waals surface area (Å²) < 4.78 is 5.64. The smallest absolute Gasteiger partial charge is 0.228 e. The highest BCUT2D eigenvalue weighted by molar-refractivity contribution is 5.58. The van der Waals surface area contributed by atoms with Crippen LogP contribution in [0.15, 0.2) is 48.5 Å². The fourth-order valence-corrected chi connectivity index (χ4v) is 1.37. The number of rotatable bonds is 2. The molecule has 0 saturated carbocycles. The van der Waals surface area contributed by atoms with Gasteiger partial charge in [-0.05, 0) is 25.1 Å². The molecule has 0 heterocycles. The SMILES string of the molecule is [C-]#[N+]c1ccccc1Oc1ccc(C)cc1. The van der Waals surface area contributed by atoms with Gasteiger partial charge in [0.15, 0.2) is 0 Å². The second kappa shape index (κ2) is 4.50. The van der Waals surface area contributed by atoms with Crippen molar-refractivity contribution in [2.24, 2.45) is 0 Å². The topological polar surface area (TPSA) is 13.6 Å². The maximum Gasteiger partial charge on any atom is 0.228 e. The Bertz CT molecular complexity index is 523. The zero-order valence-electron chi connectivity index (χ0n) is 8.97. The lowest BCUT2D eigenvalue weighted by molar-refractivity contribution is 0.485. The first kappa shape index (κ1) is 10.3. The number of hydrogen-bond donors (Lipinski definition) is 0. The minimum absolute atomic E-state index is 0.531. The lowest BCUT2D eigenvalue weighted by Gasteiger charge is -2.07. The molecule has 2 rings (SSSR count). The van der Waals surface area contributed by atoms with Gasteiger partial charge >= 0.3 is 0 Å². The lowest BCUT2D eigenvalue weighted by atomic mass is 10.2. The molecule has 16 heavy (non-hydrogen) atoms. The molecule has 0 bridgehead atoms. The molecule has 0 N–H and O–H groups in total. The monoisotopic (exact) mass is 209 g/mol. The van der Waals surface area contributed by atoms with E-state index in [-0.39, 0.29) is 0 Å². The van der Waals surface area contributed by atoms with Crippen molar-refractivity contribution in [1.29, 1.82) is 0 Å². The molecule has 0 aliphatic carbocycles. The van der Waals surface area contributed by atoms with Crippen LogP contribution in [0.2, 0.25) is 0 Å². The Kier molecular flexibility index (Phi) is 2.88. The zero-order valence-corrected chi connectivity index (χ0v) is 8.97. The van der Waals surface area contributed by atoms with Crippen LogP contribution in [-0.2, 0) is 0 Å². The molecular formula is C14H11NO. The van der Waals surface area contributed by atoms with Gasteiger partial charge in [0.05, 0.1) is 6.57 Å². The summed E-state index contributed by atoms with van der Waals surface area (Å²) in [5.74, 6) is 1.35. The van der Waals surface area contributed by atoms with Crippen LogP contribution in [0, 0.1) is 13.5 Å². The Morgan fingerprint density at radius 3 is 2.38 bits per heavy atom. The molecule has 2 aromatic carbocycles. The summed E-state index contributed by atoms with van der Waals surface area (Å²) in [5.41, 5.74) is 1.72. The molecule has 0 fully saturated rings. The molecule has 2 heteroatoms. The first-order valence-electron chi connectivity index (χ1n) is 5.00. The highest BCUT2D eigenvalue weighted by atomic mass is 16.5. The summed E-state index contributed by atoms with van der Waals surface area (Å²) in [7, 11) is 0. The fourth-order valence-electron chi connectivity index (χ4n) is 1.37. The Balaban J connectivity index is 2.27. The molecule has 0 spiro atoms. The van der Waals surface area contributed by atoms with Gasteiger partial charge in [0.1, 0.15) is 11.5 Å². The van der Waals surface area contributed by atoms with Gasteiger partial charge in [-0.2, -0.15) is 0 Å². The van der Waals surface area contributed by atoms with E-state index in [4.69, 9.17) is 11.3 Å². The van der Waals surface area contributed by atoms with Crippen molar-refractivity contribution in [3.63, 3.8) is 0 Å². The minimum atomic E-state index is 0.531. The van der Waals surface area contributed by atoms with Gasteiger partial charge in [0, 0.05) is 0 Å². The molecule has 0 atom stereocenters. The summed E-state index contributed by atoms with van der Waals surface area (Å²) in [6.07, 6.45) is 0. The molecule has 2 aromatic rings. The van der Waals surface area contributed by atoms with Crippen LogP contribution in [0.1, 0.15) is 5.56 Å². The molecule has 0 aliphatic heterocycles. The van der Waals surface area contributed by atoms with Crippen LogP contribution in [0.3, 0.4) is 0 Å². The van der Waals surface area contributed by atoms with E-state index in [0.29, 0.717) is 11.4 Å². The van der Waals surface area contributed by atoms with Gasteiger partial charge in [-0.1, -0.05) is 35.9 Å². The van der Waals surface area contributed by atoms with Crippen LogP contribution < -0.4 is 4.74 Å². The van der Waals surface area contributed by atoms with E-state index in [1.807, 2.05) is 43.3 Å². The van der Waals surface area contributed by atoms with Crippen LogP contribution in [0.4, 0.5) is 5.69 Å². The third-order valence-electron chi connectivity index (χ3n) is 2.23. The number of hydrogen-bond acceptors (Lipinski definition) is 1. The van der Waals surface area contributed by atoms with Gasteiger partial charge in [-0.15, -0.1) is 0 Å². The van der Waals surface area contributed by atoms with Crippen molar-refractivity contribution >= 4 is 5.69 Å². The molecule has 0 unspecified atom stereocenters. The zero-order chi connectivity index (χ0) is 11.4. The molecule has 0 radical (unpaired) electrons. The van der Waals surface area contributed by atoms with E-state index >= 15 is 0 Å². The number of benzene rings is 2. The Morgan fingerprint density at radius 1 is 1.00 bits per heavy atom. The van der Waals surface area contributed by atoms with Crippen molar-refractivity contribution in [3.8, 4) is 11.5 Å². The van der Waals surface area contributed by atoms with E-state index in [1.54, 1.807) is 12.1 Å². The number of nitrogens with zero attached hydrogens (tertiary/aromatic N) is 1. The predicted molar refractivity (Wildman–Crippen MR) is 64.0 cm³/mol. The van der Waals surface area contributed by atoms with Crippen LogP contribution in [-0.4, -0.2) is 0 Å². The normalized spacial score (nSPS) is 9.50. The summed E-state index contributed by atoms with van der Waals surface area (Å²) in [4.78, 5) is 3.41. The quantitative estimate of drug-likeness (QED) is 0.671. The van der Waals surface area contributed by atoms with Crippen molar-refractivity contribution in [3.05, 3.63) is 65.5 Å². The van der Waals surface area contributed by atoms with Crippen molar-refractivity contribution in [1.82, 2.24) is 0 Å². The minimum Gasteiger partial charge on any atom is -0.468 e. The third kappa shape index (κ3) is 2.21. The van der Waals surface area contributed by atoms with Gasteiger partial charge in [-0.3, -0.25) is 0 Å². The molecule has 0 amide bonds. The van der Waals surface area contributed by atoms with E-state index in [9.17, 15) is 0 Å². The molecule has 78 valence electrons. The predicted octanol–water partition coefficient (Wildman–Crippen LogP) is 4.34. The highest BCUT2D eigenvalue weighted by Crippen LogP contribution is 2.31. The van der Waals surface area contributed by atoms with Gasteiger partial charge in [-0.25, -0.2) is 4.85 Å². The third-order valence-corrected chi connectivity index (χ3v) is 2.23. The molecule has 0 aliphatic rings. The fraction of sp³-hybridized carbons (Fsp3) is 0.0714. The Hall–Kier alpha value is -2.27. The van der Waals surface area contributed by atoms with Gasteiger partial charge in [0.25, 0.3) is 0 Å². The summed E-state index contributed by atoms with van der Waals surface area (Å²) in [6.45, 7) is 9.05. The van der Waals surface area contributed by atoms with E-state index < -0.39 is 0 Å². The first-order valence-corrected chi connectivity index (χ1v) is 5.00. The van der Waals surface area contributed by atoms with Gasteiger partial charge < -0.3 is 4.74 Å². The largest absolute Gasteiger partial charge is 0.468 e. The van der Waals surface area contributed by atoms with Crippen LogP contribution in [0.5, 0.6) is 11.5 Å². The first-order chi connectivity index (χ1) is 7.79. The van der Waals surface area contributed by atoms with E-state index in [0.717, 1.165) is 5.75 Å². The average Bonchev–Trinajstić information content (AvgIpc) is 2.33. The maximum absolute atomic E-state index is 7.03. The van der Waals surface area contributed by atoms with Gasteiger partial charge in [0.2, 0.25) is 5.69 Å². The standard InChI is InChI=1S/C14H11NO/c1-11-7-9-12(10-8-11)16-14-6-4-3-5-13(14)15-2/h3-10H,1H3. The summed E-state index contributed by atoms with van der Waals surface area (Å²) >= 11 is 0. The number of para-hydroxylation sites is 2. The van der Waals surface area contributed by atoms with E-state index in [2.05, 4.69) is 4.85 Å². The summed E-state index contributed by atoms with van der Waals surface area (Å²) in [5, 5.41) is 0. The number of ether oxygens (including phenoxy) is 1. The molecule has 2 nitrogen and oxygen atoms in total. The summed E-state index contributed by atoms with van der Waals surface area (Å²) in [6, 6.07) is 15.0. The van der Waals surface area contributed by atoms with Crippen molar-refractivity contribution in [2.45, 2.75) is 6.92 Å². The van der Waals surface area contributed by atoms with Crippen LogP contribution >= 0.6 is 0 Å². The Labute approximate surface area is 94.9 Å². The van der Waals surface area contributed by atoms with E-state index in [1.165, 1.54) is 5.56 Å². The highest BCUT2D eigenvalue weighted by Gasteiger charge is 2.02. The van der Waals surface area contributed by atoms with Crippen molar-refractivity contribution < 1.29 is 4.74 Å². The molecular weight excluding hydrogens is 198 g/mol. The number of aryl methyl sites for hydroxylation is 1. The molecule has 0 saturated heterocycles. The maximum atomic E-state index is 7.03. The van der Waals surface area contributed by atoms with Crippen molar-refractivity contribution in [2.75, 3.05) is 0 Å².